The number of hydrogen-bond donors (Lipinski definition) is 0. The van der Waals surface area contributed by atoms with Crippen molar-refractivity contribution in [2.24, 2.45) is 0 Å². The normalized spacial score (nSPS) is 13.0. The topological polar surface area (TPSA) is 61.2 Å². The van der Waals surface area contributed by atoms with Crippen molar-refractivity contribution in [1.29, 1.82) is 0 Å². The fourth-order valence-electron chi connectivity index (χ4n) is 3.52. The average molecular weight is 415 g/mol. The number of nitrogens with zero attached hydrogens (tertiary/aromatic N) is 2. The molecule has 2 aromatic heterocycles. The van der Waals surface area contributed by atoms with E-state index in [1.54, 1.807) is 18.3 Å². The molecule has 0 unspecified atom stereocenters. The molecule has 1 aliphatic carbocycles. The highest BCUT2D eigenvalue weighted by atomic mass is 32.2. The van der Waals surface area contributed by atoms with Gasteiger partial charge in [-0.05, 0) is 38.2 Å². The molecule has 0 radical (unpaired) electrons. The molecule has 1 aromatic carbocycles. The minimum atomic E-state index is -0.261. The summed E-state index contributed by atoms with van der Waals surface area (Å²) in [4.78, 5) is 31.5. The molecule has 5 nitrogen and oxygen atoms in total. The van der Waals surface area contributed by atoms with E-state index in [-0.39, 0.29) is 17.2 Å². The number of fused-ring (bicyclic) bond motifs is 2. The van der Waals surface area contributed by atoms with Gasteiger partial charge in [-0.1, -0.05) is 42.1 Å². The summed E-state index contributed by atoms with van der Waals surface area (Å²) in [6.07, 6.45) is 3.71. The monoisotopic (exact) mass is 414 g/mol. The van der Waals surface area contributed by atoms with Crippen molar-refractivity contribution in [2.75, 3.05) is 12.4 Å². The Balaban J connectivity index is 1.70. The fraction of sp³-hybridized carbons (Fsp3) is 0.381. The van der Waals surface area contributed by atoms with Crippen molar-refractivity contribution in [2.45, 2.75) is 44.3 Å². The van der Waals surface area contributed by atoms with Crippen molar-refractivity contribution in [3.63, 3.8) is 0 Å². The second kappa shape index (κ2) is 8.49. The van der Waals surface area contributed by atoms with Gasteiger partial charge in [0.05, 0.1) is 12.4 Å². The maximum Gasteiger partial charge on any atom is 0.316 e. The summed E-state index contributed by atoms with van der Waals surface area (Å²) in [5.74, 6) is -0.0659. The first kappa shape index (κ1) is 19.2. The highest BCUT2D eigenvalue weighted by Crippen LogP contribution is 2.32. The molecule has 0 N–H and O–H groups in total. The number of imidazole rings is 1. The van der Waals surface area contributed by atoms with Crippen LogP contribution in [0.5, 0.6) is 0 Å². The third-order valence-corrected chi connectivity index (χ3v) is 7.11. The Morgan fingerprint density at radius 2 is 2.11 bits per heavy atom. The van der Waals surface area contributed by atoms with Crippen molar-refractivity contribution < 1.29 is 9.53 Å². The van der Waals surface area contributed by atoms with Gasteiger partial charge in [0.25, 0.3) is 0 Å². The number of carbonyl (C=O) groups is 1. The van der Waals surface area contributed by atoms with E-state index in [9.17, 15) is 9.59 Å². The summed E-state index contributed by atoms with van der Waals surface area (Å²) in [5, 5.41) is 0.719. The van der Waals surface area contributed by atoms with Crippen LogP contribution in [-0.4, -0.2) is 27.9 Å². The van der Waals surface area contributed by atoms with Crippen molar-refractivity contribution in [1.82, 2.24) is 9.55 Å². The van der Waals surface area contributed by atoms with Crippen LogP contribution >= 0.6 is 23.1 Å². The average Bonchev–Trinajstić information content (AvgIpc) is 3.31. The number of esters is 1. The Bertz CT molecular complexity index is 1060. The van der Waals surface area contributed by atoms with Crippen LogP contribution in [0.2, 0.25) is 0 Å². The van der Waals surface area contributed by atoms with E-state index in [1.165, 1.54) is 22.2 Å². The smallest absolute Gasteiger partial charge is 0.316 e. The molecule has 0 amide bonds. The van der Waals surface area contributed by atoms with Gasteiger partial charge >= 0.3 is 5.97 Å². The SMILES string of the molecule is CCOC(=O)CSc1nc2c(=O)c3c(sc2n1CCc1ccccc1)CCC3. The van der Waals surface area contributed by atoms with Crippen LogP contribution < -0.4 is 5.43 Å². The summed E-state index contributed by atoms with van der Waals surface area (Å²) in [6, 6.07) is 10.3. The van der Waals surface area contributed by atoms with E-state index in [0.29, 0.717) is 12.1 Å². The van der Waals surface area contributed by atoms with Gasteiger partial charge in [-0.2, -0.15) is 0 Å². The van der Waals surface area contributed by atoms with Crippen molar-refractivity contribution >= 4 is 39.4 Å². The Kier molecular flexibility index (Phi) is 5.82. The maximum absolute atomic E-state index is 12.9. The second-order valence-corrected chi connectivity index (χ2v) is 8.74. The molecule has 28 heavy (non-hydrogen) atoms. The van der Waals surface area contributed by atoms with Gasteiger partial charge in [-0.15, -0.1) is 11.3 Å². The summed E-state index contributed by atoms with van der Waals surface area (Å²) in [7, 11) is 0. The third-order valence-electron chi connectivity index (χ3n) is 4.85. The first-order valence-electron chi connectivity index (χ1n) is 9.54. The molecular formula is C21H22N2O3S2. The molecule has 7 heteroatoms. The second-order valence-electron chi connectivity index (χ2n) is 6.72. The molecule has 0 aliphatic heterocycles. The Labute approximate surface area is 171 Å². The summed E-state index contributed by atoms with van der Waals surface area (Å²) < 4.78 is 7.15. The number of hydrogen-bond acceptors (Lipinski definition) is 6. The third kappa shape index (κ3) is 3.86. The number of aromatic nitrogens is 2. The van der Waals surface area contributed by atoms with Crippen LogP contribution in [0.15, 0.2) is 40.3 Å². The number of benzene rings is 1. The lowest BCUT2D eigenvalue weighted by Gasteiger charge is -2.09. The molecule has 1 aliphatic rings. The molecule has 0 spiro atoms. The summed E-state index contributed by atoms with van der Waals surface area (Å²) >= 11 is 3.04. The standard InChI is InChI=1S/C21H22N2O3S2/c1-2-26-17(24)13-27-21-22-18-19(25)15-9-6-10-16(15)28-20(18)23(21)12-11-14-7-4-3-5-8-14/h3-5,7-8H,2,6,9-13H2,1H3. The molecule has 0 saturated carbocycles. The number of rotatable bonds is 7. The highest BCUT2D eigenvalue weighted by Gasteiger charge is 2.23. The molecule has 3 aromatic rings. The Hall–Kier alpha value is -2.12. The predicted molar refractivity (Wildman–Crippen MR) is 113 cm³/mol. The van der Waals surface area contributed by atoms with E-state index < -0.39 is 0 Å². The van der Waals surface area contributed by atoms with E-state index >= 15 is 0 Å². The molecule has 2 heterocycles. The first-order chi connectivity index (χ1) is 13.7. The van der Waals surface area contributed by atoms with Crippen LogP contribution in [0.25, 0.3) is 10.3 Å². The minimum absolute atomic E-state index is 0.0673. The Morgan fingerprint density at radius 1 is 1.29 bits per heavy atom. The highest BCUT2D eigenvalue weighted by molar-refractivity contribution is 7.99. The van der Waals surface area contributed by atoms with Crippen molar-refractivity contribution in [3.8, 4) is 0 Å². The fourth-order valence-corrected chi connectivity index (χ4v) is 5.72. The van der Waals surface area contributed by atoms with E-state index in [4.69, 9.17) is 4.74 Å². The van der Waals surface area contributed by atoms with Gasteiger partial charge in [0.2, 0.25) is 5.43 Å². The van der Waals surface area contributed by atoms with E-state index in [1.807, 2.05) is 18.2 Å². The van der Waals surface area contributed by atoms with Crippen LogP contribution in [0.1, 0.15) is 29.3 Å². The minimum Gasteiger partial charge on any atom is -0.465 e. The van der Waals surface area contributed by atoms with Crippen molar-refractivity contribution in [3.05, 3.63) is 56.6 Å². The zero-order valence-electron chi connectivity index (χ0n) is 15.8. The molecule has 0 bridgehead atoms. The lowest BCUT2D eigenvalue weighted by molar-refractivity contribution is -0.139. The van der Waals surface area contributed by atoms with Gasteiger partial charge in [0, 0.05) is 17.0 Å². The van der Waals surface area contributed by atoms with Gasteiger partial charge in [0.15, 0.2) is 5.16 Å². The lowest BCUT2D eigenvalue weighted by atomic mass is 10.1. The zero-order chi connectivity index (χ0) is 19.5. The molecular weight excluding hydrogens is 392 g/mol. The van der Waals surface area contributed by atoms with Gasteiger partial charge in [-0.3, -0.25) is 9.59 Å². The largest absolute Gasteiger partial charge is 0.465 e. The number of carbonyl (C=O) groups excluding carboxylic acids is 1. The lowest BCUT2D eigenvalue weighted by Crippen LogP contribution is -2.09. The molecule has 0 atom stereocenters. The van der Waals surface area contributed by atoms with Crippen LogP contribution in [0, 0.1) is 0 Å². The zero-order valence-corrected chi connectivity index (χ0v) is 17.4. The first-order valence-corrected chi connectivity index (χ1v) is 11.3. The van der Waals surface area contributed by atoms with Gasteiger partial charge < -0.3 is 9.30 Å². The van der Waals surface area contributed by atoms with E-state index in [2.05, 4.69) is 21.7 Å². The Morgan fingerprint density at radius 3 is 2.89 bits per heavy atom. The number of aryl methyl sites for hydroxylation is 3. The number of thioether (sulfide) groups is 1. The van der Waals surface area contributed by atoms with E-state index in [0.717, 1.165) is 47.8 Å². The molecule has 146 valence electrons. The van der Waals surface area contributed by atoms with Crippen LogP contribution in [0.4, 0.5) is 0 Å². The predicted octanol–water partition coefficient (Wildman–Crippen LogP) is 3.84. The molecule has 0 saturated heterocycles. The molecule has 4 rings (SSSR count). The van der Waals surface area contributed by atoms with Gasteiger partial charge in [0.1, 0.15) is 10.3 Å². The van der Waals surface area contributed by atoms with Crippen LogP contribution in [-0.2, 0) is 35.3 Å². The van der Waals surface area contributed by atoms with Crippen LogP contribution in [0.3, 0.4) is 0 Å². The summed E-state index contributed by atoms with van der Waals surface area (Å²) in [5.41, 5.74) is 2.79. The maximum atomic E-state index is 12.9. The number of ether oxygens (including phenoxy) is 1. The quantitative estimate of drug-likeness (QED) is 0.434. The molecule has 0 fully saturated rings. The summed E-state index contributed by atoms with van der Waals surface area (Å²) in [6.45, 7) is 2.88. The van der Waals surface area contributed by atoms with Gasteiger partial charge in [-0.25, -0.2) is 4.98 Å².